The highest BCUT2D eigenvalue weighted by atomic mass is 16.3. The molecule has 2 heterocycles. The summed E-state index contributed by atoms with van der Waals surface area (Å²) in [5.41, 5.74) is 3.82. The fraction of sp³-hybridized carbons (Fsp3) is 0.545. The largest absolute Gasteiger partial charge is 0.396 e. The summed E-state index contributed by atoms with van der Waals surface area (Å²) in [4.78, 5) is 22.7. The van der Waals surface area contributed by atoms with Gasteiger partial charge in [-0.15, -0.1) is 0 Å². The van der Waals surface area contributed by atoms with E-state index in [4.69, 9.17) is 4.98 Å². The molecule has 0 saturated carbocycles. The molecule has 1 aliphatic rings. The highest BCUT2D eigenvalue weighted by molar-refractivity contribution is 5.60. The molecule has 27 heavy (non-hydrogen) atoms. The minimum Gasteiger partial charge on any atom is -0.396 e. The molecule has 1 saturated heterocycles. The number of rotatable bonds is 7. The Kier molecular flexibility index (Phi) is 6.80. The maximum Gasteiger partial charge on any atom is 0.254 e. The van der Waals surface area contributed by atoms with Crippen LogP contribution in [0.15, 0.2) is 29.1 Å². The number of H-pyrrole nitrogens is 1. The fourth-order valence-electron chi connectivity index (χ4n) is 3.84. The van der Waals surface area contributed by atoms with E-state index in [2.05, 4.69) is 22.9 Å². The SMILES string of the molecule is CCCCc1c(C)nc(-c2ccccc2CN2CCC(CO)CC2)[nH]c1=O. The van der Waals surface area contributed by atoms with E-state index in [-0.39, 0.29) is 5.56 Å². The average molecular weight is 370 g/mol. The number of hydrogen-bond donors (Lipinski definition) is 2. The third-order valence-corrected chi connectivity index (χ3v) is 5.63. The van der Waals surface area contributed by atoms with Crippen LogP contribution in [0.2, 0.25) is 0 Å². The summed E-state index contributed by atoms with van der Waals surface area (Å²) in [6.45, 7) is 7.20. The third kappa shape index (κ3) is 4.85. The van der Waals surface area contributed by atoms with E-state index in [0.717, 1.165) is 68.6 Å². The lowest BCUT2D eigenvalue weighted by atomic mass is 9.97. The van der Waals surface area contributed by atoms with Gasteiger partial charge >= 0.3 is 0 Å². The van der Waals surface area contributed by atoms with E-state index < -0.39 is 0 Å². The average Bonchev–Trinajstić information content (AvgIpc) is 2.68. The lowest BCUT2D eigenvalue weighted by Crippen LogP contribution is -2.34. The zero-order valence-corrected chi connectivity index (χ0v) is 16.5. The van der Waals surface area contributed by atoms with Crippen molar-refractivity contribution < 1.29 is 5.11 Å². The second-order valence-corrected chi connectivity index (χ2v) is 7.64. The molecule has 0 aliphatic carbocycles. The molecule has 5 nitrogen and oxygen atoms in total. The van der Waals surface area contributed by atoms with Gasteiger partial charge in [-0.2, -0.15) is 0 Å². The number of aliphatic hydroxyl groups is 1. The number of aliphatic hydroxyl groups excluding tert-OH is 1. The summed E-state index contributed by atoms with van der Waals surface area (Å²) >= 11 is 0. The normalized spacial score (nSPS) is 16.0. The Labute approximate surface area is 161 Å². The maximum atomic E-state index is 12.6. The van der Waals surface area contributed by atoms with Crippen molar-refractivity contribution >= 4 is 0 Å². The Hall–Kier alpha value is -1.98. The predicted molar refractivity (Wildman–Crippen MR) is 109 cm³/mol. The van der Waals surface area contributed by atoms with Gasteiger partial charge in [0.15, 0.2) is 0 Å². The molecule has 1 aromatic carbocycles. The lowest BCUT2D eigenvalue weighted by molar-refractivity contribution is 0.127. The zero-order valence-electron chi connectivity index (χ0n) is 16.5. The number of unbranched alkanes of at least 4 members (excludes halogenated alkanes) is 1. The zero-order chi connectivity index (χ0) is 19.2. The highest BCUT2D eigenvalue weighted by Gasteiger charge is 2.20. The molecular weight excluding hydrogens is 338 g/mol. The van der Waals surface area contributed by atoms with Crippen LogP contribution in [0.5, 0.6) is 0 Å². The van der Waals surface area contributed by atoms with Crippen LogP contribution in [0.4, 0.5) is 0 Å². The lowest BCUT2D eigenvalue weighted by Gasteiger charge is -2.31. The molecule has 0 spiro atoms. The topological polar surface area (TPSA) is 69.2 Å². The third-order valence-electron chi connectivity index (χ3n) is 5.63. The molecule has 5 heteroatoms. The van der Waals surface area contributed by atoms with Crippen molar-refractivity contribution in [1.82, 2.24) is 14.9 Å². The van der Waals surface area contributed by atoms with E-state index in [1.54, 1.807) is 0 Å². The van der Waals surface area contributed by atoms with Crippen LogP contribution in [-0.4, -0.2) is 39.7 Å². The summed E-state index contributed by atoms with van der Waals surface area (Å²) in [6, 6.07) is 8.20. The molecule has 2 N–H and O–H groups in total. The smallest absolute Gasteiger partial charge is 0.254 e. The first-order valence-corrected chi connectivity index (χ1v) is 10.1. The summed E-state index contributed by atoms with van der Waals surface area (Å²) in [7, 11) is 0. The number of benzene rings is 1. The van der Waals surface area contributed by atoms with Gasteiger partial charge in [-0.25, -0.2) is 4.98 Å². The second-order valence-electron chi connectivity index (χ2n) is 7.64. The minimum absolute atomic E-state index is 0.00971. The van der Waals surface area contributed by atoms with Crippen molar-refractivity contribution in [2.75, 3.05) is 19.7 Å². The molecule has 3 rings (SSSR count). The van der Waals surface area contributed by atoms with Gasteiger partial charge in [-0.05, 0) is 57.2 Å². The van der Waals surface area contributed by atoms with Gasteiger partial charge in [-0.3, -0.25) is 9.69 Å². The monoisotopic (exact) mass is 369 g/mol. The van der Waals surface area contributed by atoms with Crippen molar-refractivity contribution in [3.63, 3.8) is 0 Å². The second kappa shape index (κ2) is 9.29. The van der Waals surface area contributed by atoms with E-state index in [0.29, 0.717) is 18.3 Å². The van der Waals surface area contributed by atoms with Gasteiger partial charge < -0.3 is 10.1 Å². The quantitative estimate of drug-likeness (QED) is 0.786. The van der Waals surface area contributed by atoms with Gasteiger partial charge in [0.1, 0.15) is 5.82 Å². The number of aryl methyl sites for hydroxylation is 1. The van der Waals surface area contributed by atoms with E-state index in [9.17, 15) is 9.90 Å². The summed E-state index contributed by atoms with van der Waals surface area (Å²) in [5.74, 6) is 1.10. The molecule has 0 atom stereocenters. The van der Waals surface area contributed by atoms with Crippen molar-refractivity contribution in [3.05, 3.63) is 51.4 Å². The number of likely N-dealkylation sites (tertiary alicyclic amines) is 1. The number of piperidine rings is 1. The Bertz CT molecular complexity index is 807. The predicted octanol–water partition coefficient (Wildman–Crippen LogP) is 3.29. The Morgan fingerprint density at radius 1 is 1.26 bits per heavy atom. The minimum atomic E-state index is -0.00971. The van der Waals surface area contributed by atoms with E-state index in [1.165, 1.54) is 5.56 Å². The summed E-state index contributed by atoms with van der Waals surface area (Å²) in [6.07, 6.45) is 4.94. The van der Waals surface area contributed by atoms with Crippen molar-refractivity contribution in [3.8, 4) is 11.4 Å². The first-order chi connectivity index (χ1) is 13.1. The fourth-order valence-corrected chi connectivity index (χ4v) is 3.84. The van der Waals surface area contributed by atoms with Gasteiger partial charge in [0.25, 0.3) is 5.56 Å². The first-order valence-electron chi connectivity index (χ1n) is 10.1. The standard InChI is InChI=1S/C22H31N3O2/c1-3-4-8-19-16(2)23-21(24-22(19)27)20-9-6-5-7-18(20)14-25-12-10-17(15-26)11-13-25/h5-7,9,17,26H,3-4,8,10-15H2,1-2H3,(H,23,24,27). The molecule has 0 radical (unpaired) electrons. The van der Waals surface area contributed by atoms with Crippen molar-refractivity contribution in [2.24, 2.45) is 5.92 Å². The Morgan fingerprint density at radius 2 is 2.00 bits per heavy atom. The van der Waals surface area contributed by atoms with Crippen LogP contribution in [0, 0.1) is 12.8 Å². The molecule has 1 aliphatic heterocycles. The molecule has 0 unspecified atom stereocenters. The van der Waals surface area contributed by atoms with E-state index >= 15 is 0 Å². The number of hydrogen-bond acceptors (Lipinski definition) is 4. The highest BCUT2D eigenvalue weighted by Crippen LogP contribution is 2.24. The first kappa shape index (κ1) is 19.8. The van der Waals surface area contributed by atoms with Crippen molar-refractivity contribution in [1.29, 1.82) is 0 Å². The van der Waals surface area contributed by atoms with Crippen LogP contribution in [0.3, 0.4) is 0 Å². The van der Waals surface area contributed by atoms with Crippen LogP contribution in [0.1, 0.15) is 49.4 Å². The van der Waals surface area contributed by atoms with Crippen LogP contribution >= 0.6 is 0 Å². The van der Waals surface area contributed by atoms with Crippen LogP contribution in [0.25, 0.3) is 11.4 Å². The Morgan fingerprint density at radius 3 is 2.67 bits per heavy atom. The number of aromatic amines is 1. The van der Waals surface area contributed by atoms with Gasteiger partial charge in [0, 0.05) is 30.0 Å². The van der Waals surface area contributed by atoms with Crippen LogP contribution < -0.4 is 5.56 Å². The van der Waals surface area contributed by atoms with Crippen LogP contribution in [-0.2, 0) is 13.0 Å². The number of nitrogens with one attached hydrogen (secondary N) is 1. The maximum absolute atomic E-state index is 12.6. The number of aromatic nitrogens is 2. The van der Waals surface area contributed by atoms with Gasteiger partial charge in [0.2, 0.25) is 0 Å². The molecule has 0 amide bonds. The van der Waals surface area contributed by atoms with E-state index in [1.807, 2.05) is 25.1 Å². The molecule has 146 valence electrons. The van der Waals surface area contributed by atoms with Gasteiger partial charge in [-0.1, -0.05) is 37.6 Å². The molecule has 2 aromatic rings. The summed E-state index contributed by atoms with van der Waals surface area (Å²) < 4.78 is 0. The summed E-state index contributed by atoms with van der Waals surface area (Å²) in [5, 5.41) is 9.33. The molecule has 1 fully saturated rings. The Balaban J connectivity index is 1.83. The molecular formula is C22H31N3O2. The number of nitrogens with zero attached hydrogens (tertiary/aromatic N) is 2. The molecule has 1 aromatic heterocycles. The van der Waals surface area contributed by atoms with Gasteiger partial charge in [0.05, 0.1) is 0 Å². The van der Waals surface area contributed by atoms with Crippen molar-refractivity contribution in [2.45, 2.75) is 52.5 Å². The molecule has 0 bridgehead atoms.